The highest BCUT2D eigenvalue weighted by Crippen LogP contribution is 2.40. The van der Waals surface area contributed by atoms with E-state index in [2.05, 4.69) is 27.3 Å². The summed E-state index contributed by atoms with van der Waals surface area (Å²) >= 11 is 3.84. The average Bonchev–Trinajstić information content (AvgIpc) is 3.50. The zero-order chi connectivity index (χ0) is 34.1. The highest BCUT2D eigenvalue weighted by Gasteiger charge is 2.27. The summed E-state index contributed by atoms with van der Waals surface area (Å²) in [4.78, 5) is 28.2. The number of likely N-dealkylation sites (tertiary alicyclic amines) is 1. The summed E-state index contributed by atoms with van der Waals surface area (Å²) in [5.74, 6) is 2.00. The van der Waals surface area contributed by atoms with Crippen LogP contribution in [-0.2, 0) is 16.5 Å². The first-order chi connectivity index (χ1) is 22.6. The lowest BCUT2D eigenvalue weighted by atomic mass is 10.0. The molecule has 1 aliphatic rings. The first kappa shape index (κ1) is 37.0. The lowest BCUT2D eigenvalue weighted by Crippen LogP contribution is -2.43. The number of aromatic nitrogens is 2. The zero-order valence-corrected chi connectivity index (χ0v) is 31.9. The summed E-state index contributed by atoms with van der Waals surface area (Å²) in [6, 6.07) is 15.6. The molecule has 47 heavy (non-hydrogen) atoms. The van der Waals surface area contributed by atoms with Gasteiger partial charge >= 0.3 is 6.09 Å². The van der Waals surface area contributed by atoms with E-state index < -0.39 is 5.60 Å². The SMILES string of the molecule is CC.CSc1ccc(Oc2cccc(OCCOC3CCN(C(=O)OC(C)(C)C)CC3)c2)c(-c2cn(C)c(=O)c3c2ccn3SI)c1. The Bertz CT molecular complexity index is 1710. The first-order valence-corrected chi connectivity index (χ1v) is 20.3. The van der Waals surface area contributed by atoms with Gasteiger partial charge in [-0.15, -0.1) is 11.8 Å². The number of amides is 1. The van der Waals surface area contributed by atoms with Crippen LogP contribution in [-0.4, -0.2) is 63.8 Å². The molecule has 1 saturated heterocycles. The van der Waals surface area contributed by atoms with Crippen LogP contribution < -0.4 is 15.0 Å². The van der Waals surface area contributed by atoms with Gasteiger partial charge in [0, 0.05) is 90.3 Å². The maximum absolute atomic E-state index is 13.0. The Hall–Kier alpha value is -2.81. The molecule has 1 fully saturated rings. The van der Waals surface area contributed by atoms with E-state index in [-0.39, 0.29) is 17.8 Å². The molecule has 0 aliphatic carbocycles. The third-order valence-corrected chi connectivity index (χ3v) is 9.82. The van der Waals surface area contributed by atoms with Gasteiger partial charge in [0.15, 0.2) is 0 Å². The minimum absolute atomic E-state index is 0.0495. The molecule has 5 rings (SSSR count). The van der Waals surface area contributed by atoms with Crippen molar-refractivity contribution in [3.05, 3.63) is 71.3 Å². The fraction of sp³-hybridized carbons (Fsp3) is 0.429. The van der Waals surface area contributed by atoms with E-state index in [1.54, 1.807) is 28.3 Å². The number of aryl methyl sites for hydroxylation is 1. The van der Waals surface area contributed by atoms with Crippen molar-refractivity contribution < 1.29 is 23.7 Å². The van der Waals surface area contributed by atoms with Gasteiger partial charge in [0.25, 0.3) is 5.56 Å². The van der Waals surface area contributed by atoms with Gasteiger partial charge in [-0.2, -0.15) is 0 Å². The molecule has 12 heteroatoms. The minimum Gasteiger partial charge on any atom is -0.491 e. The molecule has 0 atom stereocenters. The average molecular weight is 794 g/mol. The molecule has 0 saturated carbocycles. The van der Waals surface area contributed by atoms with E-state index in [9.17, 15) is 9.59 Å². The van der Waals surface area contributed by atoms with Crippen molar-refractivity contribution in [2.24, 2.45) is 7.05 Å². The topological polar surface area (TPSA) is 84.2 Å². The van der Waals surface area contributed by atoms with Crippen molar-refractivity contribution in [2.75, 3.05) is 32.6 Å². The maximum atomic E-state index is 13.0. The van der Waals surface area contributed by atoms with Crippen LogP contribution in [0.15, 0.2) is 70.6 Å². The van der Waals surface area contributed by atoms with Crippen molar-refractivity contribution in [1.82, 2.24) is 13.4 Å². The quantitative estimate of drug-likeness (QED) is 0.0894. The van der Waals surface area contributed by atoms with Gasteiger partial charge in [0.1, 0.15) is 35.0 Å². The monoisotopic (exact) mass is 793 g/mol. The van der Waals surface area contributed by atoms with Gasteiger partial charge in [0.2, 0.25) is 0 Å². The Morgan fingerprint density at radius 3 is 2.40 bits per heavy atom. The molecule has 2 aromatic heterocycles. The summed E-state index contributed by atoms with van der Waals surface area (Å²) in [5.41, 5.74) is 1.91. The normalized spacial score (nSPS) is 13.7. The van der Waals surface area contributed by atoms with Crippen LogP contribution in [0.5, 0.6) is 17.2 Å². The Kier molecular flexibility index (Phi) is 13.4. The smallest absolute Gasteiger partial charge is 0.410 e. The third kappa shape index (κ3) is 9.64. The van der Waals surface area contributed by atoms with Crippen molar-refractivity contribution in [2.45, 2.75) is 64.1 Å². The van der Waals surface area contributed by atoms with E-state index >= 15 is 0 Å². The van der Waals surface area contributed by atoms with E-state index in [0.29, 0.717) is 49.1 Å². The van der Waals surface area contributed by atoms with Crippen LogP contribution in [0.4, 0.5) is 4.79 Å². The summed E-state index contributed by atoms with van der Waals surface area (Å²) in [6.07, 6.45) is 7.18. The first-order valence-electron chi connectivity index (χ1n) is 15.7. The second-order valence-corrected chi connectivity index (χ2v) is 14.3. The predicted octanol–water partition coefficient (Wildman–Crippen LogP) is 9.19. The molecule has 0 unspecified atom stereocenters. The molecule has 4 aromatic rings. The van der Waals surface area contributed by atoms with Gasteiger partial charge in [-0.05, 0) is 76.3 Å². The molecule has 1 amide bonds. The number of fused-ring (bicyclic) bond motifs is 1. The Balaban J connectivity index is 0.00000245. The van der Waals surface area contributed by atoms with Crippen molar-refractivity contribution in [1.29, 1.82) is 0 Å². The molecule has 3 heterocycles. The van der Waals surface area contributed by atoms with E-state index in [0.717, 1.165) is 34.3 Å². The largest absolute Gasteiger partial charge is 0.491 e. The third-order valence-electron chi connectivity index (χ3n) is 7.37. The van der Waals surface area contributed by atoms with Gasteiger partial charge in [0.05, 0.1) is 12.7 Å². The van der Waals surface area contributed by atoms with Crippen molar-refractivity contribution >= 4 is 59.1 Å². The Labute approximate surface area is 298 Å². The Morgan fingerprint density at radius 1 is 1.00 bits per heavy atom. The van der Waals surface area contributed by atoms with Gasteiger partial charge in [-0.3, -0.25) is 8.77 Å². The molecule has 1 aliphatic heterocycles. The number of carbonyl (C=O) groups is 1. The fourth-order valence-electron chi connectivity index (χ4n) is 5.20. The summed E-state index contributed by atoms with van der Waals surface area (Å²) in [7, 11) is 3.24. The number of hydrogen-bond acceptors (Lipinski definition) is 8. The van der Waals surface area contributed by atoms with Crippen LogP contribution >= 0.6 is 42.1 Å². The lowest BCUT2D eigenvalue weighted by molar-refractivity contribution is -0.0177. The molecule has 2 aromatic carbocycles. The molecule has 0 bridgehead atoms. The number of piperidine rings is 1. The van der Waals surface area contributed by atoms with Crippen LogP contribution in [0, 0.1) is 0 Å². The summed E-state index contributed by atoms with van der Waals surface area (Å²) < 4.78 is 27.5. The Morgan fingerprint density at radius 2 is 1.72 bits per heavy atom. The van der Waals surface area contributed by atoms with E-state index in [1.165, 1.54) is 9.12 Å². The number of ether oxygens (including phenoxy) is 4. The number of halogens is 1. The van der Waals surface area contributed by atoms with Crippen LogP contribution in [0.2, 0.25) is 0 Å². The molecule has 9 nitrogen and oxygen atoms in total. The number of benzene rings is 2. The second-order valence-electron chi connectivity index (χ2n) is 11.8. The number of carbonyl (C=O) groups excluding carboxylic acids is 1. The van der Waals surface area contributed by atoms with Crippen LogP contribution in [0.3, 0.4) is 0 Å². The van der Waals surface area contributed by atoms with E-state index in [1.807, 2.05) is 99.7 Å². The predicted molar refractivity (Wildman–Crippen MR) is 202 cm³/mol. The number of pyridine rings is 1. The van der Waals surface area contributed by atoms with Crippen LogP contribution in [0.25, 0.3) is 22.0 Å². The molecular weight excluding hydrogens is 749 g/mol. The maximum Gasteiger partial charge on any atom is 0.410 e. The van der Waals surface area contributed by atoms with Gasteiger partial charge in [-0.25, -0.2) is 4.79 Å². The molecule has 0 radical (unpaired) electrons. The van der Waals surface area contributed by atoms with Gasteiger partial charge < -0.3 is 28.4 Å². The van der Waals surface area contributed by atoms with Gasteiger partial charge in [-0.1, -0.05) is 19.9 Å². The number of hydrogen-bond donors (Lipinski definition) is 0. The van der Waals surface area contributed by atoms with E-state index in [4.69, 9.17) is 18.9 Å². The second kappa shape index (κ2) is 17.0. The number of nitrogens with zero attached hydrogens (tertiary/aromatic N) is 3. The standard InChI is InChI=1S/C33H38IN3O6S2.C2H6/c1-33(2,3)43-32(39)36-14-11-22(12-15-36)40-17-18-41-23-7-6-8-24(19-23)42-29-10-9-25(44-5)20-27(29)28-21-35(4)31(38)30-26(28)13-16-37(30)45-34;1-2/h6-10,13,16,19-22H,11-12,14-15,17-18H2,1-5H3;1-2H3. The van der Waals surface area contributed by atoms with Crippen LogP contribution in [0.1, 0.15) is 47.5 Å². The van der Waals surface area contributed by atoms with Crippen molar-refractivity contribution in [3.8, 4) is 28.4 Å². The summed E-state index contributed by atoms with van der Waals surface area (Å²) in [5, 5.41) is 0.873. The zero-order valence-electron chi connectivity index (χ0n) is 28.1. The molecular formula is C35H44IN3O6S2. The minimum atomic E-state index is -0.498. The highest BCUT2D eigenvalue weighted by molar-refractivity contribution is 14.2. The lowest BCUT2D eigenvalue weighted by Gasteiger charge is -2.33. The summed E-state index contributed by atoms with van der Waals surface area (Å²) in [6.45, 7) is 11.7. The number of thioether (sulfide) groups is 1. The molecule has 254 valence electrons. The fourth-order valence-corrected chi connectivity index (χ4v) is 6.97. The molecule has 0 spiro atoms. The highest BCUT2D eigenvalue weighted by atomic mass is 127. The number of rotatable bonds is 10. The van der Waals surface area contributed by atoms with Crippen molar-refractivity contribution in [3.63, 3.8) is 0 Å². The molecule has 0 N–H and O–H groups in total.